The lowest BCUT2D eigenvalue weighted by molar-refractivity contribution is 0.0527. The van der Waals surface area contributed by atoms with Gasteiger partial charge in [-0.2, -0.15) is 0 Å². The first kappa shape index (κ1) is 22.5. The highest BCUT2D eigenvalue weighted by Crippen LogP contribution is 2.16. The molecule has 0 bridgehead atoms. The molecule has 1 saturated heterocycles. The van der Waals surface area contributed by atoms with Crippen LogP contribution in [0.25, 0.3) is 0 Å². The molecule has 0 radical (unpaired) electrons. The topological polar surface area (TPSA) is 78.0 Å². The van der Waals surface area contributed by atoms with Crippen molar-refractivity contribution in [1.82, 2.24) is 20.9 Å². The molecule has 152 valence electrons. The van der Waals surface area contributed by atoms with E-state index in [1.165, 1.54) is 25.9 Å². The van der Waals surface area contributed by atoms with Gasteiger partial charge in [-0.25, -0.2) is 4.79 Å². The number of carbonyl (C=O) groups is 1. The van der Waals surface area contributed by atoms with Crippen LogP contribution in [0, 0.1) is 5.92 Å². The smallest absolute Gasteiger partial charge is 0.407 e. The Labute approximate surface area is 159 Å². The van der Waals surface area contributed by atoms with E-state index in [2.05, 4.69) is 34.7 Å². The highest BCUT2D eigenvalue weighted by Gasteiger charge is 2.21. The fourth-order valence-electron chi connectivity index (χ4n) is 2.94. The van der Waals surface area contributed by atoms with Crippen molar-refractivity contribution in [2.75, 3.05) is 45.8 Å². The van der Waals surface area contributed by atoms with E-state index >= 15 is 0 Å². The lowest BCUT2D eigenvalue weighted by Crippen LogP contribution is -2.39. The number of rotatable bonds is 9. The minimum absolute atomic E-state index is 0.365. The molecular weight excluding hydrogens is 330 g/mol. The van der Waals surface area contributed by atoms with Crippen LogP contribution in [0.3, 0.4) is 0 Å². The number of ether oxygens (including phenoxy) is 1. The lowest BCUT2D eigenvalue weighted by atomic mass is 10.1. The molecule has 0 aromatic heterocycles. The quantitative estimate of drug-likeness (QED) is 0.330. The second-order valence-corrected chi connectivity index (χ2v) is 7.88. The van der Waals surface area contributed by atoms with Crippen molar-refractivity contribution >= 4 is 12.1 Å². The van der Waals surface area contributed by atoms with Gasteiger partial charge in [-0.15, -0.1) is 0 Å². The Morgan fingerprint density at radius 3 is 2.58 bits per heavy atom. The molecule has 1 heterocycles. The molecule has 0 aromatic rings. The number of guanidine groups is 1. The van der Waals surface area contributed by atoms with E-state index in [-0.39, 0.29) is 6.09 Å². The van der Waals surface area contributed by atoms with Gasteiger partial charge in [-0.1, -0.05) is 6.92 Å². The Morgan fingerprint density at radius 2 is 1.92 bits per heavy atom. The van der Waals surface area contributed by atoms with Gasteiger partial charge in [0.1, 0.15) is 5.60 Å². The highest BCUT2D eigenvalue weighted by atomic mass is 16.6. The fourth-order valence-corrected chi connectivity index (χ4v) is 2.94. The summed E-state index contributed by atoms with van der Waals surface area (Å²) in [6, 6.07) is 0. The number of hydrogen-bond acceptors (Lipinski definition) is 4. The SMILES string of the molecule is CCCN1CCC(CN=C(NCC)NCCCNC(=O)OC(C)(C)C)C1. The van der Waals surface area contributed by atoms with E-state index in [1.54, 1.807) is 0 Å². The van der Waals surface area contributed by atoms with Crippen LogP contribution in [-0.2, 0) is 4.74 Å². The first-order chi connectivity index (χ1) is 12.3. The van der Waals surface area contributed by atoms with Crippen molar-refractivity contribution in [3.63, 3.8) is 0 Å². The zero-order valence-corrected chi connectivity index (χ0v) is 17.4. The highest BCUT2D eigenvalue weighted by molar-refractivity contribution is 5.79. The van der Waals surface area contributed by atoms with Gasteiger partial charge in [0.2, 0.25) is 0 Å². The number of alkyl carbamates (subject to hydrolysis) is 1. The number of amides is 1. The van der Waals surface area contributed by atoms with Crippen LogP contribution in [-0.4, -0.2) is 68.4 Å². The van der Waals surface area contributed by atoms with Crippen LogP contribution >= 0.6 is 0 Å². The maximum atomic E-state index is 11.6. The Balaban J connectivity index is 2.23. The Morgan fingerprint density at radius 1 is 1.19 bits per heavy atom. The van der Waals surface area contributed by atoms with E-state index in [4.69, 9.17) is 9.73 Å². The average Bonchev–Trinajstić information content (AvgIpc) is 2.98. The third-order valence-electron chi connectivity index (χ3n) is 4.08. The van der Waals surface area contributed by atoms with Crippen molar-refractivity contribution in [2.24, 2.45) is 10.9 Å². The van der Waals surface area contributed by atoms with Crippen LogP contribution in [0.15, 0.2) is 4.99 Å². The van der Waals surface area contributed by atoms with Crippen molar-refractivity contribution in [1.29, 1.82) is 0 Å². The monoisotopic (exact) mass is 369 g/mol. The molecule has 0 aliphatic carbocycles. The Kier molecular flexibility index (Phi) is 10.4. The Bertz CT molecular complexity index is 434. The summed E-state index contributed by atoms with van der Waals surface area (Å²) < 4.78 is 5.21. The van der Waals surface area contributed by atoms with E-state index < -0.39 is 5.60 Å². The molecule has 1 unspecified atom stereocenters. The summed E-state index contributed by atoms with van der Waals surface area (Å²) in [5.41, 5.74) is -0.458. The van der Waals surface area contributed by atoms with E-state index in [9.17, 15) is 4.79 Å². The maximum Gasteiger partial charge on any atom is 0.407 e. The molecule has 26 heavy (non-hydrogen) atoms. The van der Waals surface area contributed by atoms with Gasteiger partial charge in [0, 0.05) is 32.7 Å². The molecule has 3 N–H and O–H groups in total. The largest absolute Gasteiger partial charge is 0.444 e. The standard InChI is InChI=1S/C19H39N5O2/c1-6-12-24-13-9-16(15-24)14-23-17(20-7-2)21-10-8-11-22-18(25)26-19(3,4)5/h16H,6-15H2,1-5H3,(H,22,25)(H2,20,21,23). The summed E-state index contributed by atoms with van der Waals surface area (Å²) in [4.78, 5) is 18.8. The van der Waals surface area contributed by atoms with Crippen molar-refractivity contribution < 1.29 is 9.53 Å². The average molecular weight is 370 g/mol. The second-order valence-electron chi connectivity index (χ2n) is 7.88. The van der Waals surface area contributed by atoms with Crippen molar-refractivity contribution in [3.05, 3.63) is 0 Å². The second kappa shape index (κ2) is 12.0. The molecule has 1 fully saturated rings. The normalized spacial score (nSPS) is 18.7. The summed E-state index contributed by atoms with van der Waals surface area (Å²) in [6.07, 6.45) is 2.91. The first-order valence-corrected chi connectivity index (χ1v) is 10.1. The number of nitrogens with zero attached hydrogens (tertiary/aromatic N) is 2. The Hall–Kier alpha value is -1.50. The van der Waals surface area contributed by atoms with Gasteiger partial charge in [-0.3, -0.25) is 4.99 Å². The van der Waals surface area contributed by atoms with Gasteiger partial charge in [0.15, 0.2) is 5.96 Å². The molecule has 0 aromatic carbocycles. The van der Waals surface area contributed by atoms with Gasteiger partial charge in [0.05, 0.1) is 0 Å². The number of carbonyl (C=O) groups excluding carboxylic acids is 1. The van der Waals surface area contributed by atoms with Gasteiger partial charge in [-0.05, 0) is 66.0 Å². The van der Waals surface area contributed by atoms with Crippen molar-refractivity contribution in [3.8, 4) is 0 Å². The molecular formula is C19H39N5O2. The number of nitrogens with one attached hydrogen (secondary N) is 3. The van der Waals surface area contributed by atoms with Crippen LogP contribution in [0.1, 0.15) is 53.9 Å². The molecule has 1 atom stereocenters. The molecule has 1 aliphatic rings. The lowest BCUT2D eigenvalue weighted by Gasteiger charge is -2.19. The third kappa shape index (κ3) is 10.5. The molecule has 0 spiro atoms. The molecule has 1 aliphatic heterocycles. The number of hydrogen-bond donors (Lipinski definition) is 3. The third-order valence-corrected chi connectivity index (χ3v) is 4.08. The fraction of sp³-hybridized carbons (Fsp3) is 0.895. The molecule has 1 amide bonds. The molecule has 7 nitrogen and oxygen atoms in total. The minimum Gasteiger partial charge on any atom is -0.444 e. The zero-order valence-electron chi connectivity index (χ0n) is 17.4. The zero-order chi connectivity index (χ0) is 19.4. The van der Waals surface area contributed by atoms with E-state index in [0.29, 0.717) is 12.5 Å². The van der Waals surface area contributed by atoms with Gasteiger partial charge >= 0.3 is 6.09 Å². The van der Waals surface area contributed by atoms with Crippen LogP contribution < -0.4 is 16.0 Å². The summed E-state index contributed by atoms with van der Waals surface area (Å²) in [5, 5.41) is 9.39. The van der Waals surface area contributed by atoms with Crippen LogP contribution in [0.2, 0.25) is 0 Å². The van der Waals surface area contributed by atoms with E-state index in [1.807, 2.05) is 20.8 Å². The molecule has 7 heteroatoms. The summed E-state index contributed by atoms with van der Waals surface area (Å²) in [5.74, 6) is 1.52. The van der Waals surface area contributed by atoms with Crippen LogP contribution in [0.4, 0.5) is 4.79 Å². The summed E-state index contributed by atoms with van der Waals surface area (Å²) in [7, 11) is 0. The van der Waals surface area contributed by atoms with Crippen molar-refractivity contribution in [2.45, 2.75) is 59.5 Å². The first-order valence-electron chi connectivity index (χ1n) is 10.1. The molecule has 1 rings (SSSR count). The number of aliphatic imine (C=N–C) groups is 1. The predicted molar refractivity (Wildman–Crippen MR) is 108 cm³/mol. The van der Waals surface area contributed by atoms with Crippen LogP contribution in [0.5, 0.6) is 0 Å². The number of likely N-dealkylation sites (tertiary alicyclic amines) is 1. The summed E-state index contributed by atoms with van der Waals surface area (Å²) >= 11 is 0. The van der Waals surface area contributed by atoms with Gasteiger partial charge < -0.3 is 25.6 Å². The summed E-state index contributed by atoms with van der Waals surface area (Å²) in [6.45, 7) is 16.5. The van der Waals surface area contributed by atoms with E-state index in [0.717, 1.165) is 38.6 Å². The predicted octanol–water partition coefficient (Wildman–Crippen LogP) is 2.19. The minimum atomic E-state index is -0.458. The van der Waals surface area contributed by atoms with Gasteiger partial charge in [0.25, 0.3) is 0 Å². The maximum absolute atomic E-state index is 11.6. The molecule has 0 saturated carbocycles.